The smallest absolute Gasteiger partial charge is 0.255 e. The Morgan fingerprint density at radius 3 is 2.78 bits per heavy atom. The number of carbonyl (C=O) groups excluding carboxylic acids is 1. The number of nitrogen functional groups attached to an aromatic ring is 1. The molecule has 1 fully saturated rings. The van der Waals surface area contributed by atoms with Crippen LogP contribution in [0.2, 0.25) is 0 Å². The topological polar surface area (TPSA) is 101 Å². The van der Waals surface area contributed by atoms with Crippen molar-refractivity contribution in [1.82, 2.24) is 10.3 Å². The number of fused-ring (bicyclic) bond motifs is 1. The van der Waals surface area contributed by atoms with Crippen molar-refractivity contribution in [2.75, 3.05) is 29.5 Å². The number of para-hydroxylation sites is 2. The summed E-state index contributed by atoms with van der Waals surface area (Å²) in [6, 6.07) is 21.4. The molecule has 0 saturated carbocycles. The number of anilines is 3. The third kappa shape index (κ3) is 6.13. The zero-order valence-corrected chi connectivity index (χ0v) is 20.9. The summed E-state index contributed by atoms with van der Waals surface area (Å²) < 4.78 is 7.10. The molecule has 3 aromatic carbocycles. The van der Waals surface area contributed by atoms with E-state index < -0.39 is 0 Å². The minimum atomic E-state index is -0.188. The number of rotatable bonds is 9. The summed E-state index contributed by atoms with van der Waals surface area (Å²) in [4.78, 5) is 17.2. The van der Waals surface area contributed by atoms with Gasteiger partial charge in [-0.25, -0.2) is 4.98 Å². The maximum atomic E-state index is 12.5. The summed E-state index contributed by atoms with van der Waals surface area (Å²) in [5.41, 5.74) is 9.66. The van der Waals surface area contributed by atoms with Crippen LogP contribution >= 0.6 is 11.3 Å². The van der Waals surface area contributed by atoms with Crippen LogP contribution in [0, 0.1) is 0 Å². The average molecular weight is 502 g/mol. The van der Waals surface area contributed by atoms with Crippen molar-refractivity contribution >= 4 is 44.0 Å². The summed E-state index contributed by atoms with van der Waals surface area (Å²) in [6.45, 7) is 2.46. The van der Waals surface area contributed by atoms with Crippen LogP contribution in [0.3, 0.4) is 0 Å². The molecule has 1 amide bonds. The Balaban J connectivity index is 1.13. The zero-order chi connectivity index (χ0) is 24.7. The molecule has 2 heterocycles. The lowest BCUT2D eigenvalue weighted by Gasteiger charge is -2.23. The number of nitrogens with zero attached hydrogens (tertiary/aromatic N) is 1. The molecule has 4 aromatic rings. The molecular weight excluding hydrogens is 470 g/mol. The van der Waals surface area contributed by atoms with Gasteiger partial charge in [0.15, 0.2) is 5.13 Å². The second-order valence-electron chi connectivity index (χ2n) is 9.02. The number of ether oxygens (including phenoxy) is 1. The van der Waals surface area contributed by atoms with E-state index in [1.807, 2.05) is 48.5 Å². The van der Waals surface area contributed by atoms with Gasteiger partial charge in [0.05, 0.1) is 28.2 Å². The Morgan fingerprint density at radius 2 is 1.97 bits per heavy atom. The van der Waals surface area contributed by atoms with Gasteiger partial charge in [0.2, 0.25) is 0 Å². The molecule has 36 heavy (non-hydrogen) atoms. The van der Waals surface area contributed by atoms with Crippen molar-refractivity contribution in [3.63, 3.8) is 0 Å². The molecule has 0 radical (unpaired) electrons. The Morgan fingerprint density at radius 1 is 1.11 bits per heavy atom. The minimum Gasteiger partial charge on any atom is -0.493 e. The highest BCUT2D eigenvalue weighted by Crippen LogP contribution is 2.30. The predicted octanol–water partition coefficient (Wildman–Crippen LogP) is 5.65. The van der Waals surface area contributed by atoms with E-state index in [9.17, 15) is 4.79 Å². The Hall–Kier alpha value is -3.62. The van der Waals surface area contributed by atoms with Gasteiger partial charge >= 0.3 is 0 Å². The first-order valence-electron chi connectivity index (χ1n) is 12.4. The van der Waals surface area contributed by atoms with Gasteiger partial charge in [-0.3, -0.25) is 4.79 Å². The standard InChI is InChI=1S/C28H31N5O2S/c29-23-6-1-2-7-24(23)32-27(34)20-10-8-19(9-11-20)18-31-28-33-25-13-12-22(17-26(25)36-28)35-16-14-21-5-3-4-15-30-21/h1-2,6-13,17,21,30H,3-5,14-16,18,29H2,(H,31,33)(H,32,34). The van der Waals surface area contributed by atoms with E-state index in [0.29, 0.717) is 29.5 Å². The number of aromatic nitrogens is 1. The molecule has 1 aromatic heterocycles. The molecule has 5 rings (SSSR count). The van der Waals surface area contributed by atoms with Crippen molar-refractivity contribution in [3.05, 3.63) is 77.9 Å². The molecule has 0 spiro atoms. The SMILES string of the molecule is Nc1ccccc1NC(=O)c1ccc(CNc2nc3ccc(OCCC4CCCCN4)cc3s2)cc1. The molecule has 7 nitrogen and oxygen atoms in total. The number of hydrogen-bond donors (Lipinski definition) is 4. The highest BCUT2D eigenvalue weighted by molar-refractivity contribution is 7.22. The lowest BCUT2D eigenvalue weighted by molar-refractivity contribution is 0.102. The Bertz CT molecular complexity index is 1320. The molecule has 1 unspecified atom stereocenters. The van der Waals surface area contributed by atoms with Gasteiger partial charge in [-0.15, -0.1) is 0 Å². The molecule has 8 heteroatoms. The number of nitrogens with two attached hydrogens (primary N) is 1. The minimum absolute atomic E-state index is 0.188. The van der Waals surface area contributed by atoms with Crippen molar-refractivity contribution in [2.45, 2.75) is 38.3 Å². The normalized spacial score (nSPS) is 15.5. The monoisotopic (exact) mass is 501 g/mol. The highest BCUT2D eigenvalue weighted by atomic mass is 32.1. The molecule has 5 N–H and O–H groups in total. The predicted molar refractivity (Wildman–Crippen MR) is 148 cm³/mol. The number of benzene rings is 3. The van der Waals surface area contributed by atoms with Crippen molar-refractivity contribution in [1.29, 1.82) is 0 Å². The second-order valence-corrected chi connectivity index (χ2v) is 10.1. The van der Waals surface area contributed by atoms with Gasteiger partial charge < -0.3 is 26.4 Å². The van der Waals surface area contributed by atoms with Gasteiger partial charge in [-0.05, 0) is 73.8 Å². The first-order chi connectivity index (χ1) is 17.6. The van der Waals surface area contributed by atoms with Crippen LogP contribution in [0.25, 0.3) is 10.2 Å². The molecular formula is C28H31N5O2S. The van der Waals surface area contributed by atoms with Crippen molar-refractivity contribution in [3.8, 4) is 5.75 Å². The summed E-state index contributed by atoms with van der Waals surface area (Å²) in [6.07, 6.45) is 4.87. The van der Waals surface area contributed by atoms with E-state index in [4.69, 9.17) is 10.5 Å². The van der Waals surface area contributed by atoms with Crippen molar-refractivity contribution < 1.29 is 9.53 Å². The molecule has 1 atom stereocenters. The number of carbonyl (C=O) groups is 1. The van der Waals surface area contributed by atoms with Gasteiger partial charge in [0.25, 0.3) is 5.91 Å². The lowest BCUT2D eigenvalue weighted by atomic mass is 10.0. The summed E-state index contributed by atoms with van der Waals surface area (Å²) in [5, 5.41) is 10.7. The van der Waals surface area contributed by atoms with Gasteiger partial charge in [0, 0.05) is 18.2 Å². The first kappa shape index (κ1) is 24.1. The fourth-order valence-corrected chi connectivity index (χ4v) is 5.21. The third-order valence-corrected chi connectivity index (χ3v) is 7.35. The highest BCUT2D eigenvalue weighted by Gasteiger charge is 2.13. The van der Waals surface area contributed by atoms with Crippen LogP contribution < -0.4 is 26.4 Å². The number of piperidine rings is 1. The van der Waals surface area contributed by atoms with E-state index >= 15 is 0 Å². The maximum Gasteiger partial charge on any atom is 0.255 e. The molecule has 0 aliphatic carbocycles. The Kier molecular flexibility index (Phi) is 7.64. The summed E-state index contributed by atoms with van der Waals surface area (Å²) >= 11 is 1.61. The molecule has 1 aliphatic rings. The van der Waals surface area contributed by atoms with E-state index in [1.165, 1.54) is 19.3 Å². The average Bonchev–Trinajstić information content (AvgIpc) is 3.32. The van der Waals surface area contributed by atoms with Crippen LogP contribution in [0.5, 0.6) is 5.75 Å². The number of hydrogen-bond acceptors (Lipinski definition) is 7. The third-order valence-electron chi connectivity index (χ3n) is 6.38. The van der Waals surface area contributed by atoms with E-state index in [1.54, 1.807) is 23.5 Å². The van der Waals surface area contributed by atoms with Gasteiger partial charge in [0.1, 0.15) is 5.75 Å². The van der Waals surface area contributed by atoms with E-state index in [-0.39, 0.29) is 5.91 Å². The Labute approximate surface area is 215 Å². The quantitative estimate of drug-likeness (QED) is 0.221. The largest absolute Gasteiger partial charge is 0.493 e. The van der Waals surface area contributed by atoms with Crippen LogP contribution in [-0.4, -0.2) is 30.1 Å². The lowest BCUT2D eigenvalue weighted by Crippen LogP contribution is -2.35. The van der Waals surface area contributed by atoms with Crippen LogP contribution in [0.1, 0.15) is 41.6 Å². The number of amides is 1. The summed E-state index contributed by atoms with van der Waals surface area (Å²) in [7, 11) is 0. The van der Waals surface area contributed by atoms with E-state index in [2.05, 4.69) is 27.0 Å². The maximum absolute atomic E-state index is 12.5. The first-order valence-corrected chi connectivity index (χ1v) is 13.2. The number of thiazole rings is 1. The van der Waals surface area contributed by atoms with Crippen LogP contribution in [0.15, 0.2) is 66.7 Å². The fraction of sp³-hybridized carbons (Fsp3) is 0.286. The second kappa shape index (κ2) is 11.4. The molecule has 1 saturated heterocycles. The van der Waals surface area contributed by atoms with E-state index in [0.717, 1.165) is 46.2 Å². The molecule has 1 aliphatic heterocycles. The van der Waals surface area contributed by atoms with Gasteiger partial charge in [-0.1, -0.05) is 42.0 Å². The van der Waals surface area contributed by atoms with Gasteiger partial charge in [-0.2, -0.15) is 0 Å². The zero-order valence-electron chi connectivity index (χ0n) is 20.1. The number of nitrogens with one attached hydrogen (secondary N) is 3. The molecule has 0 bridgehead atoms. The van der Waals surface area contributed by atoms with Crippen molar-refractivity contribution in [2.24, 2.45) is 0 Å². The summed E-state index contributed by atoms with van der Waals surface area (Å²) in [5.74, 6) is 0.700. The fourth-order valence-electron chi connectivity index (χ4n) is 4.32. The van der Waals surface area contributed by atoms with Crippen LogP contribution in [0.4, 0.5) is 16.5 Å². The molecule has 186 valence electrons. The van der Waals surface area contributed by atoms with Crippen LogP contribution in [-0.2, 0) is 6.54 Å².